The van der Waals surface area contributed by atoms with Crippen LogP contribution in [0.25, 0.3) is 0 Å². The van der Waals surface area contributed by atoms with Crippen LogP contribution in [0.4, 0.5) is 0 Å². The highest BCUT2D eigenvalue weighted by atomic mass is 16.5. The molecule has 0 N–H and O–H groups in total. The van der Waals surface area contributed by atoms with Crippen molar-refractivity contribution in [3.8, 4) is 0 Å². The highest BCUT2D eigenvalue weighted by Gasteiger charge is 2.52. The number of nitrogens with zero attached hydrogens (tertiary/aromatic N) is 2. The van der Waals surface area contributed by atoms with Gasteiger partial charge in [0, 0.05) is 22.3 Å². The lowest BCUT2D eigenvalue weighted by atomic mass is 9.77. The fraction of sp³-hybridized carbons (Fsp3) is 0.297. The summed E-state index contributed by atoms with van der Waals surface area (Å²) in [4.78, 5) is 10.3. The Hall–Kier alpha value is -4.18. The van der Waals surface area contributed by atoms with Gasteiger partial charge >= 0.3 is 0 Å². The summed E-state index contributed by atoms with van der Waals surface area (Å²) in [5, 5.41) is 0. The van der Waals surface area contributed by atoms with Crippen molar-refractivity contribution in [3.63, 3.8) is 0 Å². The van der Waals surface area contributed by atoms with Gasteiger partial charge in [-0.1, -0.05) is 97.1 Å². The molecule has 0 radical (unpaired) electrons. The fourth-order valence-electron chi connectivity index (χ4n) is 6.87. The van der Waals surface area contributed by atoms with E-state index in [1.54, 1.807) is 0 Å². The Morgan fingerprint density at radius 3 is 1.02 bits per heavy atom. The minimum Gasteiger partial charge on any atom is -0.462 e. The van der Waals surface area contributed by atoms with Crippen molar-refractivity contribution in [2.24, 2.45) is 9.98 Å². The van der Waals surface area contributed by atoms with Crippen LogP contribution in [0.2, 0.25) is 0 Å². The molecular weight excluding hydrogens is 504 g/mol. The number of aryl methyl sites for hydroxylation is 4. The van der Waals surface area contributed by atoms with Crippen LogP contribution >= 0.6 is 0 Å². The van der Waals surface area contributed by atoms with Gasteiger partial charge in [0.1, 0.15) is 0 Å². The van der Waals surface area contributed by atoms with E-state index in [-0.39, 0.29) is 12.1 Å². The molecule has 208 valence electrons. The second-order valence-electron chi connectivity index (χ2n) is 11.5. The summed E-state index contributed by atoms with van der Waals surface area (Å²) in [6.45, 7) is 12.9. The average Bonchev–Trinajstić information content (AvgIpc) is 3.46. The lowest BCUT2D eigenvalue weighted by molar-refractivity contribution is 0.0913. The maximum absolute atomic E-state index is 7.01. The zero-order valence-electron chi connectivity index (χ0n) is 24.8. The van der Waals surface area contributed by atoms with Crippen LogP contribution in [0.3, 0.4) is 0 Å². The van der Waals surface area contributed by atoms with Crippen molar-refractivity contribution >= 4 is 11.8 Å². The van der Waals surface area contributed by atoms with Crippen LogP contribution in [0.1, 0.15) is 64.8 Å². The first-order chi connectivity index (χ1) is 19.8. The molecule has 0 aromatic heterocycles. The summed E-state index contributed by atoms with van der Waals surface area (Å²) in [5.41, 5.74) is 7.82. The number of rotatable bonds is 6. The lowest BCUT2D eigenvalue weighted by Crippen LogP contribution is -2.39. The molecule has 2 aliphatic heterocycles. The summed E-state index contributed by atoms with van der Waals surface area (Å²) >= 11 is 0. The summed E-state index contributed by atoms with van der Waals surface area (Å²) in [6.07, 6.45) is 0.397. The van der Waals surface area contributed by atoms with E-state index in [1.807, 2.05) is 0 Å². The van der Waals surface area contributed by atoms with E-state index in [0.717, 1.165) is 22.3 Å². The SMILES string of the molecule is Cc1ccccc1C1(c2ccccc2C)OC(CC2=N[C@H](C)C(c3ccccc3C)(c3ccccc3C)O2)=N[C@@H]1C. The highest BCUT2D eigenvalue weighted by Crippen LogP contribution is 2.48. The lowest BCUT2D eigenvalue weighted by Gasteiger charge is -2.36. The molecule has 0 saturated carbocycles. The predicted molar refractivity (Wildman–Crippen MR) is 167 cm³/mol. The van der Waals surface area contributed by atoms with E-state index >= 15 is 0 Å². The van der Waals surface area contributed by atoms with Crippen LogP contribution in [0.5, 0.6) is 0 Å². The second-order valence-corrected chi connectivity index (χ2v) is 11.5. The van der Waals surface area contributed by atoms with Gasteiger partial charge in [-0.3, -0.25) is 0 Å². The minimum absolute atomic E-state index is 0.128. The maximum atomic E-state index is 7.01. The molecule has 4 aromatic carbocycles. The first-order valence-electron chi connectivity index (χ1n) is 14.5. The van der Waals surface area contributed by atoms with E-state index in [4.69, 9.17) is 19.5 Å². The first kappa shape index (κ1) is 27.0. The standard InChI is InChI=1S/C37H38N2O2/c1-24-15-7-11-19-30(24)36(31-20-12-8-16-25(31)2)28(5)38-34(40-36)23-35-39-29(6)37(41-35,32-21-13-9-17-26(32)3)33-22-14-10-18-27(33)4/h7-22,28-29H,23H2,1-6H3/t28-,29-/m1/s1. The number of benzene rings is 4. The summed E-state index contributed by atoms with van der Waals surface area (Å²) < 4.78 is 14.0. The number of hydrogen-bond donors (Lipinski definition) is 0. The third-order valence-electron chi connectivity index (χ3n) is 8.89. The molecule has 0 bridgehead atoms. The van der Waals surface area contributed by atoms with Crippen molar-refractivity contribution in [2.45, 2.75) is 71.2 Å². The average molecular weight is 543 g/mol. The van der Waals surface area contributed by atoms with E-state index in [1.165, 1.54) is 22.3 Å². The van der Waals surface area contributed by atoms with Crippen molar-refractivity contribution < 1.29 is 9.47 Å². The molecule has 0 saturated heterocycles. The molecule has 0 unspecified atom stereocenters. The molecule has 2 heterocycles. The molecule has 0 amide bonds. The molecule has 2 aliphatic rings. The first-order valence-corrected chi connectivity index (χ1v) is 14.5. The zero-order valence-corrected chi connectivity index (χ0v) is 24.8. The van der Waals surface area contributed by atoms with Crippen LogP contribution in [-0.2, 0) is 20.7 Å². The smallest absolute Gasteiger partial charge is 0.194 e. The van der Waals surface area contributed by atoms with Crippen LogP contribution in [0, 0.1) is 27.7 Å². The van der Waals surface area contributed by atoms with Crippen molar-refractivity contribution in [2.75, 3.05) is 0 Å². The minimum atomic E-state index is -0.722. The Bertz CT molecular complexity index is 1450. The Balaban J connectivity index is 1.39. The topological polar surface area (TPSA) is 43.2 Å². The van der Waals surface area contributed by atoms with Gasteiger partial charge in [-0.2, -0.15) is 0 Å². The van der Waals surface area contributed by atoms with Crippen molar-refractivity contribution in [1.82, 2.24) is 0 Å². The van der Waals surface area contributed by atoms with Gasteiger partial charge in [0.25, 0.3) is 0 Å². The van der Waals surface area contributed by atoms with Crippen molar-refractivity contribution in [3.05, 3.63) is 142 Å². The highest BCUT2D eigenvalue weighted by molar-refractivity contribution is 5.99. The molecule has 6 rings (SSSR count). The fourth-order valence-corrected chi connectivity index (χ4v) is 6.87. The van der Waals surface area contributed by atoms with Gasteiger partial charge in [0.15, 0.2) is 23.0 Å². The molecule has 2 atom stereocenters. The van der Waals surface area contributed by atoms with Gasteiger partial charge in [0.2, 0.25) is 0 Å². The van der Waals surface area contributed by atoms with Gasteiger partial charge in [-0.25, -0.2) is 9.98 Å². The summed E-state index contributed by atoms with van der Waals surface area (Å²) in [6, 6.07) is 33.6. The maximum Gasteiger partial charge on any atom is 0.194 e. The van der Waals surface area contributed by atoms with E-state index < -0.39 is 11.2 Å². The van der Waals surface area contributed by atoms with Crippen molar-refractivity contribution in [1.29, 1.82) is 0 Å². The Morgan fingerprint density at radius 2 is 0.756 bits per heavy atom. The largest absolute Gasteiger partial charge is 0.462 e. The molecule has 41 heavy (non-hydrogen) atoms. The molecule has 4 aromatic rings. The predicted octanol–water partition coefficient (Wildman–Crippen LogP) is 8.13. The second kappa shape index (κ2) is 10.3. The van der Waals surface area contributed by atoms with Gasteiger partial charge < -0.3 is 9.47 Å². The van der Waals surface area contributed by atoms with Crippen LogP contribution in [0.15, 0.2) is 107 Å². The quantitative estimate of drug-likeness (QED) is 0.247. The van der Waals surface area contributed by atoms with Gasteiger partial charge in [-0.05, 0) is 63.8 Å². The van der Waals surface area contributed by atoms with Gasteiger partial charge in [0.05, 0.1) is 18.5 Å². The Morgan fingerprint density at radius 1 is 0.488 bits per heavy atom. The summed E-state index contributed by atoms with van der Waals surface area (Å²) in [7, 11) is 0. The number of ether oxygens (including phenoxy) is 2. The van der Waals surface area contributed by atoms with Gasteiger partial charge in [-0.15, -0.1) is 0 Å². The van der Waals surface area contributed by atoms with Crippen LogP contribution < -0.4 is 0 Å². The molecule has 4 nitrogen and oxygen atoms in total. The third-order valence-corrected chi connectivity index (χ3v) is 8.89. The molecule has 0 spiro atoms. The van der Waals surface area contributed by atoms with Crippen LogP contribution in [-0.4, -0.2) is 23.9 Å². The zero-order chi connectivity index (χ0) is 28.8. The summed E-state index contributed by atoms with van der Waals surface area (Å²) in [5.74, 6) is 1.31. The molecule has 0 aliphatic carbocycles. The number of hydrogen-bond acceptors (Lipinski definition) is 4. The number of aliphatic imine (C=N–C) groups is 2. The third kappa shape index (κ3) is 4.28. The van der Waals surface area contributed by atoms with E-state index in [2.05, 4.69) is 139 Å². The molecular formula is C37H38N2O2. The normalized spacial score (nSPS) is 20.6. The Kier molecular flexibility index (Phi) is 6.81. The van der Waals surface area contributed by atoms with E-state index in [9.17, 15) is 0 Å². The molecule has 4 heteroatoms. The monoisotopic (exact) mass is 542 g/mol. The molecule has 0 fully saturated rings. The Labute approximate surface area is 243 Å². The van der Waals surface area contributed by atoms with E-state index in [0.29, 0.717) is 18.2 Å².